The van der Waals surface area contributed by atoms with Gasteiger partial charge >= 0.3 is 6.18 Å². The summed E-state index contributed by atoms with van der Waals surface area (Å²) in [6.07, 6.45) is -4.32. The fourth-order valence-corrected chi connectivity index (χ4v) is 1.99. The summed E-state index contributed by atoms with van der Waals surface area (Å²) in [5.41, 5.74) is -0.718. The first-order valence-corrected chi connectivity index (χ1v) is 4.68. The minimum atomic E-state index is -4.32. The molecule has 0 aliphatic heterocycles. The van der Waals surface area contributed by atoms with Crippen molar-refractivity contribution in [2.45, 2.75) is 32.9 Å². The maximum Gasteiger partial charge on any atom is 0.434 e. The van der Waals surface area contributed by atoms with Crippen molar-refractivity contribution in [3.8, 4) is 0 Å². The zero-order chi connectivity index (χ0) is 10.2. The molecule has 0 bridgehead atoms. The molecule has 0 fully saturated rings. The van der Waals surface area contributed by atoms with E-state index in [-0.39, 0.29) is 5.92 Å². The molecule has 0 aliphatic carbocycles. The molecule has 0 spiro atoms. The van der Waals surface area contributed by atoms with Gasteiger partial charge in [0.05, 0.1) is 5.01 Å². The van der Waals surface area contributed by atoms with Gasteiger partial charge in [-0.1, -0.05) is 13.8 Å². The van der Waals surface area contributed by atoms with Crippen LogP contribution in [0.5, 0.6) is 0 Å². The van der Waals surface area contributed by atoms with E-state index in [1.807, 2.05) is 0 Å². The van der Waals surface area contributed by atoms with E-state index in [0.717, 1.165) is 11.3 Å². The molecule has 0 amide bonds. The zero-order valence-corrected chi connectivity index (χ0v) is 8.38. The largest absolute Gasteiger partial charge is 0.434 e. The quantitative estimate of drug-likeness (QED) is 0.688. The fourth-order valence-electron chi connectivity index (χ4n) is 1.04. The van der Waals surface area contributed by atoms with E-state index in [0.29, 0.717) is 9.88 Å². The number of alkyl halides is 3. The lowest BCUT2D eigenvalue weighted by molar-refractivity contribution is -0.141. The number of aryl methyl sites for hydroxylation is 1. The second-order valence-electron chi connectivity index (χ2n) is 3.10. The average Bonchev–Trinajstić information content (AvgIpc) is 2.29. The predicted octanol–water partition coefficient (Wildman–Crippen LogP) is 3.59. The summed E-state index contributed by atoms with van der Waals surface area (Å²) in [5, 5.41) is 0.469. The van der Waals surface area contributed by atoms with Gasteiger partial charge in [-0.25, -0.2) is 4.98 Å². The van der Waals surface area contributed by atoms with E-state index in [2.05, 4.69) is 4.98 Å². The van der Waals surface area contributed by atoms with Crippen molar-refractivity contribution in [3.63, 3.8) is 0 Å². The van der Waals surface area contributed by atoms with Crippen LogP contribution < -0.4 is 0 Å². The Kier molecular flexibility index (Phi) is 2.66. The van der Waals surface area contributed by atoms with Gasteiger partial charge in [-0.3, -0.25) is 0 Å². The van der Waals surface area contributed by atoms with Crippen molar-refractivity contribution in [1.29, 1.82) is 0 Å². The maximum absolute atomic E-state index is 12.4. The fraction of sp³-hybridized carbons (Fsp3) is 0.625. The molecule has 0 atom stereocenters. The molecule has 0 saturated carbocycles. The standard InChI is InChI=1S/C8H10F3NS/c1-4(2)6-7(8(9,10)11)12-5(3)13-6/h4H,1-3H3. The number of nitrogens with zero attached hydrogens (tertiary/aromatic N) is 1. The number of thiazole rings is 1. The van der Waals surface area contributed by atoms with Gasteiger partial charge in [0.1, 0.15) is 0 Å². The molecule has 0 aromatic carbocycles. The topological polar surface area (TPSA) is 12.9 Å². The third-order valence-electron chi connectivity index (χ3n) is 1.55. The third-order valence-corrected chi connectivity index (χ3v) is 2.82. The molecular weight excluding hydrogens is 199 g/mol. The Labute approximate surface area is 78.6 Å². The minimum Gasteiger partial charge on any atom is -0.237 e. The summed E-state index contributed by atoms with van der Waals surface area (Å²) in [6, 6.07) is 0. The van der Waals surface area contributed by atoms with Crippen molar-refractivity contribution in [2.75, 3.05) is 0 Å². The summed E-state index contributed by atoms with van der Waals surface area (Å²) in [4.78, 5) is 3.82. The van der Waals surface area contributed by atoms with Crippen molar-refractivity contribution < 1.29 is 13.2 Å². The lowest BCUT2D eigenvalue weighted by Crippen LogP contribution is -2.09. The van der Waals surface area contributed by atoms with Crippen molar-refractivity contribution in [3.05, 3.63) is 15.6 Å². The second-order valence-corrected chi connectivity index (χ2v) is 4.33. The summed E-state index contributed by atoms with van der Waals surface area (Å²) in [7, 11) is 0. The molecule has 1 rings (SSSR count). The van der Waals surface area contributed by atoms with Crippen LogP contribution in [0.1, 0.15) is 35.3 Å². The predicted molar refractivity (Wildman–Crippen MR) is 45.9 cm³/mol. The van der Waals surface area contributed by atoms with Crippen molar-refractivity contribution in [1.82, 2.24) is 4.98 Å². The Morgan fingerprint density at radius 1 is 1.31 bits per heavy atom. The van der Waals surface area contributed by atoms with E-state index in [4.69, 9.17) is 0 Å². The van der Waals surface area contributed by atoms with E-state index in [9.17, 15) is 13.2 Å². The molecule has 0 radical (unpaired) electrons. The lowest BCUT2D eigenvalue weighted by Gasteiger charge is -2.07. The molecule has 1 aromatic rings. The molecule has 1 nitrogen and oxygen atoms in total. The number of halogens is 3. The average molecular weight is 209 g/mol. The smallest absolute Gasteiger partial charge is 0.237 e. The molecular formula is C8H10F3NS. The molecule has 0 aliphatic rings. The Morgan fingerprint density at radius 3 is 2.15 bits per heavy atom. The summed E-state index contributed by atoms with van der Waals surface area (Å²) in [5.74, 6) is -0.122. The highest BCUT2D eigenvalue weighted by Crippen LogP contribution is 2.37. The Bertz CT molecular complexity index is 301. The number of hydrogen-bond acceptors (Lipinski definition) is 2. The first-order chi connectivity index (χ1) is 5.82. The van der Waals surface area contributed by atoms with Gasteiger partial charge in [0.15, 0.2) is 5.69 Å². The Morgan fingerprint density at radius 2 is 1.85 bits per heavy atom. The number of hydrogen-bond donors (Lipinski definition) is 0. The SMILES string of the molecule is Cc1nc(C(F)(F)F)c(C(C)C)s1. The molecule has 74 valence electrons. The highest BCUT2D eigenvalue weighted by Gasteiger charge is 2.37. The molecule has 13 heavy (non-hydrogen) atoms. The van der Waals surface area contributed by atoms with Crippen LogP contribution in [0.2, 0.25) is 0 Å². The third kappa shape index (κ3) is 2.21. The summed E-state index contributed by atoms with van der Waals surface area (Å²) in [6.45, 7) is 5.07. The van der Waals surface area contributed by atoms with Crippen molar-refractivity contribution in [2.24, 2.45) is 0 Å². The zero-order valence-electron chi connectivity index (χ0n) is 7.57. The lowest BCUT2D eigenvalue weighted by atomic mass is 10.1. The molecule has 0 saturated heterocycles. The second kappa shape index (κ2) is 3.29. The molecule has 0 unspecified atom stereocenters. The first kappa shape index (κ1) is 10.5. The van der Waals surface area contributed by atoms with Crippen LogP contribution in [0.25, 0.3) is 0 Å². The van der Waals surface area contributed by atoms with Crippen LogP contribution >= 0.6 is 11.3 Å². The Hall–Kier alpha value is -0.580. The van der Waals surface area contributed by atoms with Crippen LogP contribution in [0.3, 0.4) is 0 Å². The minimum absolute atomic E-state index is 0.122. The van der Waals surface area contributed by atoms with Crippen molar-refractivity contribution >= 4 is 11.3 Å². The van der Waals surface area contributed by atoms with Crippen LogP contribution in [0.4, 0.5) is 13.2 Å². The highest BCUT2D eigenvalue weighted by molar-refractivity contribution is 7.11. The molecule has 1 heterocycles. The highest BCUT2D eigenvalue weighted by atomic mass is 32.1. The van der Waals surface area contributed by atoms with Crippen LogP contribution in [-0.2, 0) is 6.18 Å². The van der Waals surface area contributed by atoms with Gasteiger partial charge < -0.3 is 0 Å². The number of aromatic nitrogens is 1. The van der Waals surface area contributed by atoms with E-state index in [1.165, 1.54) is 0 Å². The summed E-state index contributed by atoms with van der Waals surface area (Å²) >= 11 is 1.12. The monoisotopic (exact) mass is 209 g/mol. The van der Waals surface area contributed by atoms with E-state index >= 15 is 0 Å². The van der Waals surface area contributed by atoms with E-state index in [1.54, 1.807) is 20.8 Å². The Balaban J connectivity index is 3.20. The molecule has 5 heteroatoms. The van der Waals surface area contributed by atoms with Crippen LogP contribution in [0, 0.1) is 6.92 Å². The summed E-state index contributed by atoms with van der Waals surface area (Å²) < 4.78 is 37.1. The maximum atomic E-state index is 12.4. The first-order valence-electron chi connectivity index (χ1n) is 3.87. The van der Waals surface area contributed by atoms with Gasteiger partial charge in [0, 0.05) is 4.88 Å². The van der Waals surface area contributed by atoms with Crippen LogP contribution in [-0.4, -0.2) is 4.98 Å². The van der Waals surface area contributed by atoms with Gasteiger partial charge in [0.2, 0.25) is 0 Å². The normalized spacial score (nSPS) is 12.5. The molecule has 1 aromatic heterocycles. The van der Waals surface area contributed by atoms with E-state index < -0.39 is 11.9 Å². The van der Waals surface area contributed by atoms with Gasteiger partial charge in [-0.2, -0.15) is 13.2 Å². The molecule has 0 N–H and O–H groups in total. The number of rotatable bonds is 1. The van der Waals surface area contributed by atoms with Gasteiger partial charge in [-0.15, -0.1) is 11.3 Å². The van der Waals surface area contributed by atoms with Gasteiger partial charge in [-0.05, 0) is 12.8 Å². The van der Waals surface area contributed by atoms with Crippen LogP contribution in [0.15, 0.2) is 0 Å². The van der Waals surface area contributed by atoms with Gasteiger partial charge in [0.25, 0.3) is 0 Å².